The van der Waals surface area contributed by atoms with Crippen molar-refractivity contribution in [1.29, 1.82) is 0 Å². The molecule has 1 fully saturated rings. The fraction of sp³-hybridized carbons (Fsp3) is 0.400. The molecule has 0 saturated carbocycles. The highest BCUT2D eigenvalue weighted by molar-refractivity contribution is 5.74. The van der Waals surface area contributed by atoms with Crippen molar-refractivity contribution >= 4 is 17.1 Å². The van der Waals surface area contributed by atoms with Gasteiger partial charge >= 0.3 is 0 Å². The first-order chi connectivity index (χ1) is 11.6. The Kier molecular flexibility index (Phi) is 3.56. The van der Waals surface area contributed by atoms with E-state index in [0.29, 0.717) is 0 Å². The second kappa shape index (κ2) is 5.62. The molecule has 0 aromatic heterocycles. The van der Waals surface area contributed by atoms with Crippen LogP contribution in [0.5, 0.6) is 11.5 Å². The van der Waals surface area contributed by atoms with Crippen LogP contribution in [0.15, 0.2) is 42.5 Å². The summed E-state index contributed by atoms with van der Waals surface area (Å²) in [6, 6.07) is 14.9. The number of ether oxygens (including phenoxy) is 2. The smallest absolute Gasteiger partial charge is 0.147 e. The molecular formula is C20H24N2O2. The highest BCUT2D eigenvalue weighted by Gasteiger charge is 2.33. The van der Waals surface area contributed by atoms with Crippen LogP contribution in [-0.4, -0.2) is 32.3 Å². The van der Waals surface area contributed by atoms with Crippen LogP contribution in [0.1, 0.15) is 20.3 Å². The first-order valence-corrected chi connectivity index (χ1v) is 8.55. The Morgan fingerprint density at radius 2 is 1.83 bits per heavy atom. The van der Waals surface area contributed by atoms with Crippen LogP contribution in [0.2, 0.25) is 0 Å². The van der Waals surface area contributed by atoms with Crippen molar-refractivity contribution < 1.29 is 9.47 Å². The van der Waals surface area contributed by atoms with E-state index in [4.69, 9.17) is 9.47 Å². The van der Waals surface area contributed by atoms with Crippen molar-refractivity contribution in [2.45, 2.75) is 25.9 Å². The summed E-state index contributed by atoms with van der Waals surface area (Å²) in [5.74, 6) is 1.70. The molecule has 2 aliphatic heterocycles. The molecule has 0 unspecified atom stereocenters. The lowest BCUT2D eigenvalue weighted by molar-refractivity contribution is 0.108. The van der Waals surface area contributed by atoms with E-state index in [1.54, 1.807) is 7.11 Å². The van der Waals surface area contributed by atoms with E-state index in [0.717, 1.165) is 36.8 Å². The van der Waals surface area contributed by atoms with Gasteiger partial charge in [0.25, 0.3) is 0 Å². The van der Waals surface area contributed by atoms with Gasteiger partial charge in [-0.2, -0.15) is 0 Å². The maximum absolute atomic E-state index is 6.19. The molecule has 2 aromatic rings. The standard InChI is InChI=1S/C20H24N2O2/c1-20(2)14-22(18-9-8-17(23-3)13-19(18)24-20)16-7-4-6-15(12-16)21-10-5-11-21/h4,6-9,12-13H,5,10-11,14H2,1-3H3. The van der Waals surface area contributed by atoms with E-state index in [1.165, 1.54) is 17.8 Å². The van der Waals surface area contributed by atoms with Crippen LogP contribution in [0.25, 0.3) is 0 Å². The zero-order valence-corrected chi connectivity index (χ0v) is 14.6. The van der Waals surface area contributed by atoms with Gasteiger partial charge in [-0.3, -0.25) is 0 Å². The number of nitrogens with zero attached hydrogens (tertiary/aromatic N) is 2. The first kappa shape index (κ1) is 15.2. The molecule has 2 heterocycles. The van der Waals surface area contributed by atoms with Gasteiger partial charge in [-0.15, -0.1) is 0 Å². The predicted octanol–water partition coefficient (Wildman–Crippen LogP) is 4.21. The summed E-state index contributed by atoms with van der Waals surface area (Å²) in [5, 5.41) is 0. The molecule has 4 heteroatoms. The third-order valence-corrected chi connectivity index (χ3v) is 4.75. The number of anilines is 3. The maximum Gasteiger partial charge on any atom is 0.147 e. The largest absolute Gasteiger partial charge is 0.497 e. The Morgan fingerprint density at radius 1 is 1.04 bits per heavy atom. The van der Waals surface area contributed by atoms with Gasteiger partial charge in [0.1, 0.15) is 17.1 Å². The zero-order chi connectivity index (χ0) is 16.7. The average Bonchev–Trinajstić information content (AvgIpc) is 2.51. The van der Waals surface area contributed by atoms with Crippen molar-refractivity contribution in [2.24, 2.45) is 0 Å². The lowest BCUT2D eigenvalue weighted by Crippen LogP contribution is -2.45. The van der Waals surface area contributed by atoms with Crippen molar-refractivity contribution in [1.82, 2.24) is 0 Å². The second-order valence-electron chi connectivity index (χ2n) is 7.14. The molecule has 2 aromatic carbocycles. The summed E-state index contributed by atoms with van der Waals surface area (Å²) >= 11 is 0. The fourth-order valence-corrected chi connectivity index (χ4v) is 3.38. The van der Waals surface area contributed by atoms with E-state index < -0.39 is 0 Å². The predicted molar refractivity (Wildman–Crippen MR) is 98.0 cm³/mol. The number of methoxy groups -OCH3 is 1. The second-order valence-corrected chi connectivity index (χ2v) is 7.14. The summed E-state index contributed by atoms with van der Waals surface area (Å²) < 4.78 is 11.5. The summed E-state index contributed by atoms with van der Waals surface area (Å²) in [7, 11) is 1.68. The van der Waals surface area contributed by atoms with Gasteiger partial charge in [-0.1, -0.05) is 6.07 Å². The molecule has 1 saturated heterocycles. The topological polar surface area (TPSA) is 24.9 Å². The highest BCUT2D eigenvalue weighted by atomic mass is 16.5. The fourth-order valence-electron chi connectivity index (χ4n) is 3.38. The molecule has 126 valence electrons. The number of hydrogen-bond acceptors (Lipinski definition) is 4. The molecule has 2 aliphatic rings. The van der Waals surface area contributed by atoms with Gasteiger partial charge in [0.15, 0.2) is 0 Å². The first-order valence-electron chi connectivity index (χ1n) is 8.55. The Labute approximate surface area is 143 Å². The van der Waals surface area contributed by atoms with Crippen LogP contribution < -0.4 is 19.3 Å². The number of hydrogen-bond donors (Lipinski definition) is 0. The van der Waals surface area contributed by atoms with E-state index in [9.17, 15) is 0 Å². The van der Waals surface area contributed by atoms with Crippen molar-refractivity contribution in [3.05, 3.63) is 42.5 Å². The molecule has 4 rings (SSSR count). The van der Waals surface area contributed by atoms with E-state index in [1.807, 2.05) is 12.1 Å². The monoisotopic (exact) mass is 324 g/mol. The van der Waals surface area contributed by atoms with Gasteiger partial charge < -0.3 is 19.3 Å². The Morgan fingerprint density at radius 3 is 2.54 bits per heavy atom. The van der Waals surface area contributed by atoms with Crippen LogP contribution >= 0.6 is 0 Å². The molecule has 0 atom stereocenters. The molecule has 0 N–H and O–H groups in total. The lowest BCUT2D eigenvalue weighted by atomic mass is 10.0. The summed E-state index contributed by atoms with van der Waals surface area (Å²) in [6.07, 6.45) is 1.29. The van der Waals surface area contributed by atoms with Crippen molar-refractivity contribution in [3.8, 4) is 11.5 Å². The number of fused-ring (bicyclic) bond motifs is 1. The molecule has 0 aliphatic carbocycles. The Hall–Kier alpha value is -2.36. The summed E-state index contributed by atoms with van der Waals surface area (Å²) in [4.78, 5) is 4.77. The van der Waals surface area contributed by atoms with E-state index in [-0.39, 0.29) is 5.60 Å². The van der Waals surface area contributed by atoms with Crippen LogP contribution in [0, 0.1) is 0 Å². The van der Waals surface area contributed by atoms with Gasteiger partial charge in [0.2, 0.25) is 0 Å². The van der Waals surface area contributed by atoms with E-state index in [2.05, 4.69) is 54.0 Å². The SMILES string of the molecule is COc1ccc2c(c1)OC(C)(C)CN2c1cccc(N2CCC2)c1. The quantitative estimate of drug-likeness (QED) is 0.844. The van der Waals surface area contributed by atoms with Crippen molar-refractivity contribution in [3.63, 3.8) is 0 Å². The molecule has 4 nitrogen and oxygen atoms in total. The van der Waals surface area contributed by atoms with Crippen molar-refractivity contribution in [2.75, 3.05) is 36.5 Å². The Balaban J connectivity index is 1.75. The third-order valence-electron chi connectivity index (χ3n) is 4.75. The van der Waals surface area contributed by atoms with Crippen LogP contribution in [0.4, 0.5) is 17.1 Å². The molecule has 0 bridgehead atoms. The van der Waals surface area contributed by atoms with Gasteiger partial charge in [0, 0.05) is 30.5 Å². The number of benzene rings is 2. The molecule has 24 heavy (non-hydrogen) atoms. The van der Waals surface area contributed by atoms with Gasteiger partial charge in [-0.25, -0.2) is 0 Å². The van der Waals surface area contributed by atoms with E-state index >= 15 is 0 Å². The Bertz CT molecular complexity index is 753. The molecule has 0 radical (unpaired) electrons. The normalized spacial score (nSPS) is 18.5. The van der Waals surface area contributed by atoms with Crippen LogP contribution in [-0.2, 0) is 0 Å². The number of rotatable bonds is 3. The minimum atomic E-state index is -0.258. The minimum Gasteiger partial charge on any atom is -0.497 e. The van der Waals surface area contributed by atoms with Gasteiger partial charge in [-0.05, 0) is 50.6 Å². The maximum atomic E-state index is 6.19. The van der Waals surface area contributed by atoms with Crippen LogP contribution in [0.3, 0.4) is 0 Å². The average molecular weight is 324 g/mol. The van der Waals surface area contributed by atoms with Gasteiger partial charge in [0.05, 0.1) is 19.3 Å². The minimum absolute atomic E-state index is 0.258. The zero-order valence-electron chi connectivity index (χ0n) is 14.6. The molecular weight excluding hydrogens is 300 g/mol. The third kappa shape index (κ3) is 2.66. The molecule has 0 spiro atoms. The summed E-state index contributed by atoms with van der Waals surface area (Å²) in [5.41, 5.74) is 3.35. The lowest BCUT2D eigenvalue weighted by Gasteiger charge is -2.41. The highest BCUT2D eigenvalue weighted by Crippen LogP contribution is 2.43. The molecule has 0 amide bonds. The summed E-state index contributed by atoms with van der Waals surface area (Å²) in [6.45, 7) is 7.39.